The summed E-state index contributed by atoms with van der Waals surface area (Å²) < 4.78 is 58.5. The van der Waals surface area contributed by atoms with Gasteiger partial charge in [0.1, 0.15) is 5.56 Å². The third kappa shape index (κ3) is 3.69. The molecule has 11 nitrogen and oxygen atoms in total. The summed E-state index contributed by atoms with van der Waals surface area (Å²) >= 11 is 0. The van der Waals surface area contributed by atoms with E-state index in [4.69, 9.17) is 0 Å². The first-order valence-corrected chi connectivity index (χ1v) is 11.3. The minimum absolute atomic E-state index is 0.162. The molecule has 0 fully saturated rings. The van der Waals surface area contributed by atoms with E-state index in [1.165, 1.54) is 29.2 Å². The van der Waals surface area contributed by atoms with Crippen molar-refractivity contribution in [1.82, 2.24) is 44.4 Å². The average molecular weight is 526 g/mol. The third-order valence-electron chi connectivity index (χ3n) is 6.64. The van der Waals surface area contributed by atoms with Crippen LogP contribution in [-0.4, -0.2) is 50.3 Å². The van der Waals surface area contributed by atoms with Crippen LogP contribution in [0.15, 0.2) is 49.2 Å². The number of aryl methyl sites for hydroxylation is 1. The molecule has 0 unspecified atom stereocenters. The molecule has 1 aliphatic carbocycles. The van der Waals surface area contributed by atoms with Crippen molar-refractivity contribution in [3.05, 3.63) is 77.6 Å². The molecule has 38 heavy (non-hydrogen) atoms. The molecule has 1 N–H and O–H groups in total. The van der Waals surface area contributed by atoms with Crippen LogP contribution in [0.4, 0.5) is 23.2 Å². The topological polar surface area (TPSA) is 121 Å². The number of hydrogen-bond acceptors (Lipinski definition) is 7. The van der Waals surface area contributed by atoms with E-state index in [0.29, 0.717) is 17.0 Å². The van der Waals surface area contributed by atoms with E-state index in [1.807, 2.05) is 6.92 Å². The number of nitrogens with zero attached hydrogens (tertiary/aromatic N) is 9. The molecule has 1 amide bonds. The third-order valence-corrected chi connectivity index (χ3v) is 6.64. The van der Waals surface area contributed by atoms with Crippen LogP contribution in [-0.2, 0) is 23.4 Å². The van der Waals surface area contributed by atoms with Crippen molar-refractivity contribution in [1.29, 1.82) is 0 Å². The van der Waals surface area contributed by atoms with Crippen molar-refractivity contribution in [2.24, 2.45) is 7.05 Å². The summed E-state index contributed by atoms with van der Waals surface area (Å²) in [5.41, 5.74) is -0.281. The highest BCUT2D eigenvalue weighted by Gasteiger charge is 2.48. The molecule has 0 radical (unpaired) electrons. The van der Waals surface area contributed by atoms with Crippen molar-refractivity contribution < 1.29 is 22.4 Å². The first-order valence-electron chi connectivity index (χ1n) is 11.3. The van der Waals surface area contributed by atoms with Gasteiger partial charge in [-0.2, -0.15) is 32.9 Å². The second-order valence-corrected chi connectivity index (χ2v) is 9.16. The summed E-state index contributed by atoms with van der Waals surface area (Å²) in [5.74, 6) is -2.69. The molecule has 6 rings (SSSR count). The van der Waals surface area contributed by atoms with Gasteiger partial charge in [-0.05, 0) is 25.5 Å². The number of amides is 1. The molecule has 1 aliphatic rings. The van der Waals surface area contributed by atoms with Crippen molar-refractivity contribution in [2.45, 2.75) is 30.9 Å². The Morgan fingerprint density at radius 1 is 1.13 bits per heavy atom. The molecule has 0 bridgehead atoms. The monoisotopic (exact) mass is 526 g/mol. The first kappa shape index (κ1) is 23.7. The molecular weight excluding hydrogens is 508 g/mol. The number of rotatable bonds is 4. The number of pyridine rings is 1. The van der Waals surface area contributed by atoms with E-state index in [9.17, 15) is 22.4 Å². The van der Waals surface area contributed by atoms with Crippen molar-refractivity contribution >= 4 is 17.2 Å². The van der Waals surface area contributed by atoms with Gasteiger partial charge in [-0.1, -0.05) is 0 Å². The molecule has 0 aromatic carbocycles. The van der Waals surface area contributed by atoms with Crippen molar-refractivity contribution in [2.75, 3.05) is 5.32 Å². The lowest BCUT2D eigenvalue weighted by Crippen LogP contribution is -2.26. The van der Waals surface area contributed by atoms with Gasteiger partial charge in [0.2, 0.25) is 11.9 Å². The number of nitrogens with one attached hydrogen (secondary N) is 1. The van der Waals surface area contributed by atoms with Gasteiger partial charge in [0, 0.05) is 31.1 Å². The van der Waals surface area contributed by atoms with Gasteiger partial charge in [0.05, 0.1) is 47.0 Å². The number of fused-ring (bicyclic) bond motifs is 3. The average Bonchev–Trinajstić information content (AvgIpc) is 3.64. The molecule has 0 saturated heterocycles. The van der Waals surface area contributed by atoms with Gasteiger partial charge in [0.15, 0.2) is 11.5 Å². The quantitative estimate of drug-likeness (QED) is 0.358. The summed E-state index contributed by atoms with van der Waals surface area (Å²) in [6, 6.07) is 3.74. The van der Waals surface area contributed by atoms with E-state index >= 15 is 0 Å². The molecular formula is C23H18F4N10O. The van der Waals surface area contributed by atoms with Crippen LogP contribution in [0.3, 0.4) is 0 Å². The summed E-state index contributed by atoms with van der Waals surface area (Å²) in [7, 11) is 1.75. The van der Waals surface area contributed by atoms with Gasteiger partial charge < -0.3 is 5.32 Å². The lowest BCUT2D eigenvalue weighted by atomic mass is 9.82. The molecule has 5 heterocycles. The molecule has 194 valence electrons. The highest BCUT2D eigenvalue weighted by Crippen LogP contribution is 2.49. The molecule has 5 aromatic rings. The number of anilines is 1. The van der Waals surface area contributed by atoms with Crippen LogP contribution < -0.4 is 5.32 Å². The van der Waals surface area contributed by atoms with Gasteiger partial charge >= 0.3 is 6.18 Å². The number of carbonyl (C=O) groups is 1. The van der Waals surface area contributed by atoms with Crippen LogP contribution in [0.2, 0.25) is 0 Å². The predicted molar refractivity (Wildman–Crippen MR) is 123 cm³/mol. The van der Waals surface area contributed by atoms with E-state index < -0.39 is 40.7 Å². The number of halogens is 4. The molecule has 0 spiro atoms. The SMILES string of the molecule is Cn1ccc([C@]2(C)C[C@H](C(=O)Nc3cnc(-n4nccn4)c(C(F)(F)F)c3)c3cnc4cc(F)nn4c32)n1. The first-order chi connectivity index (χ1) is 18.0. The number of carbonyl (C=O) groups excluding carboxylic acids is 1. The Kier molecular flexibility index (Phi) is 5.09. The van der Waals surface area contributed by atoms with Crippen LogP contribution in [0.1, 0.15) is 41.8 Å². The van der Waals surface area contributed by atoms with E-state index in [0.717, 1.165) is 17.1 Å². The highest BCUT2D eigenvalue weighted by molar-refractivity contribution is 5.97. The molecule has 0 saturated carbocycles. The molecule has 0 aliphatic heterocycles. The van der Waals surface area contributed by atoms with Crippen LogP contribution >= 0.6 is 0 Å². The minimum Gasteiger partial charge on any atom is -0.324 e. The van der Waals surface area contributed by atoms with Crippen LogP contribution in [0.5, 0.6) is 0 Å². The zero-order valence-electron chi connectivity index (χ0n) is 19.8. The largest absolute Gasteiger partial charge is 0.420 e. The summed E-state index contributed by atoms with van der Waals surface area (Å²) in [6.07, 6.45) is 2.18. The van der Waals surface area contributed by atoms with Crippen molar-refractivity contribution in [3.8, 4) is 5.82 Å². The second kappa shape index (κ2) is 8.16. The van der Waals surface area contributed by atoms with E-state index in [2.05, 4.69) is 35.7 Å². The Morgan fingerprint density at radius 2 is 1.89 bits per heavy atom. The summed E-state index contributed by atoms with van der Waals surface area (Å²) in [6.45, 7) is 1.86. The molecule has 15 heteroatoms. The fourth-order valence-electron chi connectivity index (χ4n) is 4.96. The Hall–Kier alpha value is -4.69. The Morgan fingerprint density at radius 3 is 2.58 bits per heavy atom. The van der Waals surface area contributed by atoms with Crippen molar-refractivity contribution in [3.63, 3.8) is 0 Å². The fraction of sp³-hybridized carbons (Fsp3) is 0.261. The van der Waals surface area contributed by atoms with E-state index in [-0.39, 0.29) is 17.8 Å². The number of hydrogen-bond donors (Lipinski definition) is 1. The zero-order valence-corrected chi connectivity index (χ0v) is 19.8. The van der Waals surface area contributed by atoms with Gasteiger partial charge in [-0.3, -0.25) is 9.48 Å². The highest BCUT2D eigenvalue weighted by atomic mass is 19.4. The lowest BCUT2D eigenvalue weighted by Gasteiger charge is -2.23. The van der Waals surface area contributed by atoms with Gasteiger partial charge in [-0.15, -0.1) is 9.90 Å². The van der Waals surface area contributed by atoms with Gasteiger partial charge in [0.25, 0.3) is 0 Å². The maximum absolute atomic E-state index is 14.1. The standard InChI is InChI=1S/C23H18F4N10O/c1-22(16-3-6-35(2)33-16)9-13(14-11-28-18-8-17(24)34-36(18)19(14)22)21(38)32-12-7-15(23(25,26)27)20(29-10-12)37-30-4-5-31-37/h3-8,10-11,13H,9H2,1-2H3,(H,32,38)/t13-,22-/m0/s1. The molecule has 2 atom stereocenters. The van der Waals surface area contributed by atoms with Crippen LogP contribution in [0.25, 0.3) is 11.5 Å². The van der Waals surface area contributed by atoms with E-state index in [1.54, 1.807) is 24.0 Å². The summed E-state index contributed by atoms with van der Waals surface area (Å²) in [5, 5.41) is 18.4. The number of aromatic nitrogens is 9. The maximum Gasteiger partial charge on any atom is 0.420 e. The molecule has 5 aromatic heterocycles. The predicted octanol–water partition coefficient (Wildman–Crippen LogP) is 3.03. The normalized spacial score (nSPS) is 19.2. The second-order valence-electron chi connectivity index (χ2n) is 9.16. The lowest BCUT2D eigenvalue weighted by molar-refractivity contribution is -0.137. The Bertz CT molecular complexity index is 1690. The minimum atomic E-state index is -4.78. The smallest absolute Gasteiger partial charge is 0.324 e. The zero-order chi connectivity index (χ0) is 26.8. The summed E-state index contributed by atoms with van der Waals surface area (Å²) in [4.78, 5) is 22.4. The maximum atomic E-state index is 14.1. The Balaban J connectivity index is 1.40. The van der Waals surface area contributed by atoms with Crippen LogP contribution in [0, 0.1) is 5.95 Å². The fourth-order valence-corrected chi connectivity index (χ4v) is 4.96. The Labute approximate surface area is 211 Å². The number of alkyl halides is 3. The van der Waals surface area contributed by atoms with Gasteiger partial charge in [-0.25, -0.2) is 14.5 Å².